The van der Waals surface area contributed by atoms with Crippen LogP contribution in [0.25, 0.3) is 0 Å². The van der Waals surface area contributed by atoms with E-state index in [1.165, 1.54) is 6.07 Å². The molecule has 2 rings (SSSR count). The van der Waals surface area contributed by atoms with E-state index in [9.17, 15) is 9.18 Å². The third kappa shape index (κ3) is 3.46. The number of hydrogen-bond acceptors (Lipinski definition) is 3. The van der Waals surface area contributed by atoms with Crippen molar-refractivity contribution in [3.8, 4) is 0 Å². The maximum atomic E-state index is 13.0. The molecule has 1 unspecified atom stereocenters. The highest BCUT2D eigenvalue weighted by Gasteiger charge is 2.16. The number of aromatic carboxylic acids is 1. The minimum absolute atomic E-state index is 0.0508. The molecule has 3 nitrogen and oxygen atoms in total. The van der Waals surface area contributed by atoms with E-state index in [1.54, 1.807) is 17.8 Å². The molecule has 98 valence electrons. The van der Waals surface area contributed by atoms with E-state index in [0.29, 0.717) is 11.3 Å². The van der Waals surface area contributed by atoms with Gasteiger partial charge < -0.3 is 9.84 Å². The largest absolute Gasteiger partial charge is 0.478 e. The molecule has 1 aliphatic rings. The third-order valence-electron chi connectivity index (χ3n) is 2.89. The molecule has 0 radical (unpaired) electrons. The van der Waals surface area contributed by atoms with E-state index in [0.717, 1.165) is 31.3 Å². The van der Waals surface area contributed by atoms with Crippen molar-refractivity contribution in [3.63, 3.8) is 0 Å². The van der Waals surface area contributed by atoms with Crippen LogP contribution in [0.15, 0.2) is 18.2 Å². The van der Waals surface area contributed by atoms with Gasteiger partial charge in [-0.25, -0.2) is 9.18 Å². The van der Waals surface area contributed by atoms with Crippen molar-refractivity contribution in [1.82, 2.24) is 0 Å². The standard InChI is InChI=1S/C13H15FO3S/c14-10-4-3-9(12(6-10)13(15)16)7-18-8-11-2-1-5-17-11/h3-4,6,11H,1-2,5,7-8H2,(H,15,16). The Bertz CT molecular complexity index is 430. The van der Waals surface area contributed by atoms with Gasteiger partial charge in [-0.15, -0.1) is 0 Å². The highest BCUT2D eigenvalue weighted by molar-refractivity contribution is 7.98. The van der Waals surface area contributed by atoms with Gasteiger partial charge in [0.1, 0.15) is 5.82 Å². The Labute approximate surface area is 109 Å². The SMILES string of the molecule is O=C(O)c1cc(F)ccc1CSCC1CCCO1. The first kappa shape index (κ1) is 13.4. The van der Waals surface area contributed by atoms with Gasteiger partial charge in [0, 0.05) is 18.1 Å². The predicted molar refractivity (Wildman–Crippen MR) is 68.5 cm³/mol. The van der Waals surface area contributed by atoms with E-state index >= 15 is 0 Å². The molecule has 0 aromatic heterocycles. The van der Waals surface area contributed by atoms with Crippen molar-refractivity contribution in [2.75, 3.05) is 12.4 Å². The number of rotatable bonds is 5. The lowest BCUT2D eigenvalue weighted by molar-refractivity contribution is 0.0695. The second-order valence-corrected chi connectivity index (χ2v) is 5.29. The summed E-state index contributed by atoms with van der Waals surface area (Å²) in [5.41, 5.74) is 0.710. The van der Waals surface area contributed by atoms with E-state index < -0.39 is 11.8 Å². The second kappa shape index (κ2) is 6.20. The Morgan fingerprint density at radius 1 is 1.56 bits per heavy atom. The molecule has 0 saturated carbocycles. The molecule has 1 aliphatic heterocycles. The van der Waals surface area contributed by atoms with Gasteiger partial charge in [-0.05, 0) is 30.5 Å². The molecule has 1 N–H and O–H groups in total. The Morgan fingerprint density at radius 3 is 3.06 bits per heavy atom. The van der Waals surface area contributed by atoms with Crippen LogP contribution in [-0.4, -0.2) is 29.5 Å². The Hall–Kier alpha value is -1.07. The van der Waals surface area contributed by atoms with Crippen LogP contribution in [-0.2, 0) is 10.5 Å². The van der Waals surface area contributed by atoms with Crippen molar-refractivity contribution in [2.45, 2.75) is 24.7 Å². The van der Waals surface area contributed by atoms with Crippen LogP contribution in [0.4, 0.5) is 4.39 Å². The summed E-state index contributed by atoms with van der Waals surface area (Å²) in [6, 6.07) is 3.92. The molecule has 0 spiro atoms. The van der Waals surface area contributed by atoms with E-state index in [2.05, 4.69) is 0 Å². The lowest BCUT2D eigenvalue weighted by Crippen LogP contribution is -2.09. The molecule has 0 bridgehead atoms. The highest BCUT2D eigenvalue weighted by Crippen LogP contribution is 2.22. The molecule has 1 aromatic rings. The van der Waals surface area contributed by atoms with Gasteiger partial charge in [0.2, 0.25) is 0 Å². The first-order chi connectivity index (χ1) is 8.66. The van der Waals surface area contributed by atoms with Crippen LogP contribution in [0, 0.1) is 5.82 Å². The van der Waals surface area contributed by atoms with Gasteiger partial charge in [-0.1, -0.05) is 6.07 Å². The fourth-order valence-electron chi connectivity index (χ4n) is 1.95. The molecule has 1 heterocycles. The van der Waals surface area contributed by atoms with E-state index in [4.69, 9.17) is 9.84 Å². The van der Waals surface area contributed by atoms with Crippen molar-refractivity contribution in [1.29, 1.82) is 0 Å². The number of benzene rings is 1. The summed E-state index contributed by atoms with van der Waals surface area (Å²) in [7, 11) is 0. The summed E-state index contributed by atoms with van der Waals surface area (Å²) in [6.45, 7) is 0.822. The second-order valence-electron chi connectivity index (χ2n) is 4.26. The van der Waals surface area contributed by atoms with Gasteiger partial charge in [0.15, 0.2) is 0 Å². The minimum Gasteiger partial charge on any atom is -0.478 e. The zero-order chi connectivity index (χ0) is 13.0. The zero-order valence-corrected chi connectivity index (χ0v) is 10.7. The number of carboxylic acids is 1. The molecule has 1 fully saturated rings. The average molecular weight is 270 g/mol. The minimum atomic E-state index is -1.08. The summed E-state index contributed by atoms with van der Waals surface area (Å²) in [5, 5.41) is 9.00. The topological polar surface area (TPSA) is 46.5 Å². The van der Waals surface area contributed by atoms with Crippen LogP contribution >= 0.6 is 11.8 Å². The number of hydrogen-bond donors (Lipinski definition) is 1. The first-order valence-corrected chi connectivity index (χ1v) is 7.03. The molecule has 1 atom stereocenters. The van der Waals surface area contributed by atoms with Gasteiger partial charge in [-0.3, -0.25) is 0 Å². The summed E-state index contributed by atoms with van der Waals surface area (Å²) < 4.78 is 18.5. The van der Waals surface area contributed by atoms with Crippen LogP contribution in [0.1, 0.15) is 28.8 Å². The maximum absolute atomic E-state index is 13.0. The summed E-state index contributed by atoms with van der Waals surface area (Å²) in [5.74, 6) is -0.166. The fourth-order valence-corrected chi connectivity index (χ4v) is 3.07. The van der Waals surface area contributed by atoms with Gasteiger partial charge >= 0.3 is 5.97 Å². The third-order valence-corrected chi connectivity index (χ3v) is 4.01. The lowest BCUT2D eigenvalue weighted by Gasteiger charge is -2.10. The van der Waals surface area contributed by atoms with Crippen molar-refractivity contribution >= 4 is 17.7 Å². The fraction of sp³-hybridized carbons (Fsp3) is 0.462. The van der Waals surface area contributed by atoms with Crippen LogP contribution < -0.4 is 0 Å². The van der Waals surface area contributed by atoms with Crippen LogP contribution in [0.5, 0.6) is 0 Å². The van der Waals surface area contributed by atoms with Gasteiger partial charge in [0.25, 0.3) is 0 Å². The van der Waals surface area contributed by atoms with Gasteiger partial charge in [0.05, 0.1) is 11.7 Å². The first-order valence-electron chi connectivity index (χ1n) is 5.88. The molecule has 18 heavy (non-hydrogen) atoms. The van der Waals surface area contributed by atoms with Crippen molar-refractivity contribution in [3.05, 3.63) is 35.1 Å². The van der Waals surface area contributed by atoms with Crippen LogP contribution in [0.3, 0.4) is 0 Å². The molecule has 0 amide bonds. The zero-order valence-electron chi connectivity index (χ0n) is 9.89. The normalized spacial score (nSPS) is 19.1. The monoisotopic (exact) mass is 270 g/mol. The summed E-state index contributed by atoms with van der Waals surface area (Å²) in [4.78, 5) is 11.0. The van der Waals surface area contributed by atoms with Crippen LogP contribution in [0.2, 0.25) is 0 Å². The van der Waals surface area contributed by atoms with Crippen molar-refractivity contribution < 1.29 is 19.0 Å². The van der Waals surface area contributed by atoms with E-state index in [-0.39, 0.29) is 11.7 Å². The number of thioether (sulfide) groups is 1. The average Bonchev–Trinajstić information content (AvgIpc) is 2.84. The quantitative estimate of drug-likeness (QED) is 0.893. The number of carboxylic acid groups (broad SMARTS) is 1. The Kier molecular flexibility index (Phi) is 4.60. The summed E-state index contributed by atoms with van der Waals surface area (Å²) in [6.07, 6.45) is 2.45. The Balaban J connectivity index is 1.93. The summed E-state index contributed by atoms with van der Waals surface area (Å²) >= 11 is 1.63. The molecule has 1 aromatic carbocycles. The van der Waals surface area contributed by atoms with E-state index in [1.807, 2.05) is 0 Å². The molecule has 1 saturated heterocycles. The maximum Gasteiger partial charge on any atom is 0.336 e. The van der Waals surface area contributed by atoms with Gasteiger partial charge in [-0.2, -0.15) is 11.8 Å². The molecule has 5 heteroatoms. The number of halogens is 1. The number of carbonyl (C=O) groups is 1. The highest BCUT2D eigenvalue weighted by atomic mass is 32.2. The molecular formula is C13H15FO3S. The number of ether oxygens (including phenoxy) is 1. The molecule has 0 aliphatic carbocycles. The Morgan fingerprint density at radius 2 is 2.39 bits per heavy atom. The predicted octanol–water partition coefficient (Wildman–Crippen LogP) is 2.94. The van der Waals surface area contributed by atoms with Crippen molar-refractivity contribution in [2.24, 2.45) is 0 Å². The lowest BCUT2D eigenvalue weighted by atomic mass is 10.1. The smallest absolute Gasteiger partial charge is 0.336 e. The molecular weight excluding hydrogens is 255 g/mol.